The normalized spacial score (nSPS) is 40.9. The van der Waals surface area contributed by atoms with E-state index in [1.165, 1.54) is 12.8 Å². The molecule has 2 bridgehead atoms. The Labute approximate surface area is 79.3 Å². The first kappa shape index (κ1) is 9.04. The van der Waals surface area contributed by atoms with Crippen molar-refractivity contribution in [2.75, 3.05) is 0 Å². The lowest BCUT2D eigenvalue weighted by Crippen LogP contribution is -2.52. The Morgan fingerprint density at radius 3 is 2.62 bits per heavy atom. The third-order valence-electron chi connectivity index (χ3n) is 4.44. The van der Waals surface area contributed by atoms with Gasteiger partial charge in [0.25, 0.3) is 0 Å². The van der Waals surface area contributed by atoms with Crippen molar-refractivity contribution in [3.8, 4) is 0 Å². The van der Waals surface area contributed by atoms with Gasteiger partial charge in [-0.3, -0.25) is 4.79 Å². The molecule has 0 aliphatic heterocycles. The van der Waals surface area contributed by atoms with E-state index in [4.69, 9.17) is 5.11 Å². The van der Waals surface area contributed by atoms with Crippen molar-refractivity contribution in [3.05, 3.63) is 0 Å². The van der Waals surface area contributed by atoms with E-state index in [0.29, 0.717) is 23.7 Å². The second kappa shape index (κ2) is 2.73. The van der Waals surface area contributed by atoms with Crippen LogP contribution in [0.15, 0.2) is 0 Å². The number of hydrogen-bond donors (Lipinski definition) is 1. The van der Waals surface area contributed by atoms with Crippen LogP contribution in [-0.4, -0.2) is 11.1 Å². The van der Waals surface area contributed by atoms with Crippen molar-refractivity contribution >= 4 is 5.97 Å². The number of aliphatic carboxylic acids is 1. The minimum Gasteiger partial charge on any atom is -0.481 e. The van der Waals surface area contributed by atoms with Crippen LogP contribution in [0.4, 0.5) is 0 Å². The van der Waals surface area contributed by atoms with E-state index in [1.807, 2.05) is 0 Å². The van der Waals surface area contributed by atoms with E-state index >= 15 is 0 Å². The van der Waals surface area contributed by atoms with Gasteiger partial charge in [0.2, 0.25) is 0 Å². The maximum atomic E-state index is 10.6. The lowest BCUT2D eigenvalue weighted by atomic mass is 9.45. The molecular weight excluding hydrogens is 164 g/mol. The first-order chi connectivity index (χ1) is 6.01. The number of fused-ring (bicyclic) bond motifs is 2. The summed E-state index contributed by atoms with van der Waals surface area (Å²) >= 11 is 0. The molecule has 3 unspecified atom stereocenters. The smallest absolute Gasteiger partial charge is 0.303 e. The fourth-order valence-electron chi connectivity index (χ4n) is 3.43. The number of hydrogen-bond acceptors (Lipinski definition) is 1. The van der Waals surface area contributed by atoms with Crippen LogP contribution in [-0.2, 0) is 4.79 Å². The molecule has 13 heavy (non-hydrogen) atoms. The quantitative estimate of drug-likeness (QED) is 0.712. The van der Waals surface area contributed by atoms with Crippen LogP contribution in [0.2, 0.25) is 0 Å². The van der Waals surface area contributed by atoms with Crippen molar-refractivity contribution in [1.29, 1.82) is 0 Å². The van der Waals surface area contributed by atoms with Gasteiger partial charge in [-0.1, -0.05) is 13.8 Å². The predicted octanol–water partition coefficient (Wildman–Crippen LogP) is 2.53. The van der Waals surface area contributed by atoms with Crippen LogP contribution in [0.5, 0.6) is 0 Å². The summed E-state index contributed by atoms with van der Waals surface area (Å²) in [7, 11) is 0. The number of carboxylic acid groups (broad SMARTS) is 1. The first-order valence-electron chi connectivity index (χ1n) is 5.23. The van der Waals surface area contributed by atoms with E-state index in [-0.39, 0.29) is 0 Å². The zero-order chi connectivity index (χ0) is 9.64. The Morgan fingerprint density at radius 2 is 2.15 bits per heavy atom. The molecule has 2 heteroatoms. The number of carbonyl (C=O) groups is 1. The van der Waals surface area contributed by atoms with Crippen LogP contribution < -0.4 is 0 Å². The van der Waals surface area contributed by atoms with E-state index in [9.17, 15) is 4.79 Å². The average Bonchev–Trinajstić information content (AvgIpc) is 2.03. The second-order valence-corrected chi connectivity index (χ2v) is 5.30. The zero-order valence-corrected chi connectivity index (χ0v) is 8.42. The molecule has 3 aliphatic rings. The fourth-order valence-corrected chi connectivity index (χ4v) is 3.43. The molecule has 0 aromatic heterocycles. The molecule has 74 valence electrons. The summed E-state index contributed by atoms with van der Waals surface area (Å²) < 4.78 is 0. The van der Waals surface area contributed by atoms with Crippen LogP contribution in [0.1, 0.15) is 39.5 Å². The summed E-state index contributed by atoms with van der Waals surface area (Å²) in [5.74, 6) is 1.40. The summed E-state index contributed by atoms with van der Waals surface area (Å²) in [6.45, 7) is 4.61. The van der Waals surface area contributed by atoms with Crippen LogP contribution >= 0.6 is 0 Å². The van der Waals surface area contributed by atoms with E-state index in [1.54, 1.807) is 0 Å². The monoisotopic (exact) mass is 182 g/mol. The fraction of sp³-hybridized carbons (Fsp3) is 0.909. The average molecular weight is 182 g/mol. The molecule has 3 saturated carbocycles. The van der Waals surface area contributed by atoms with Crippen molar-refractivity contribution in [1.82, 2.24) is 0 Å². The largest absolute Gasteiger partial charge is 0.481 e. The van der Waals surface area contributed by atoms with Gasteiger partial charge >= 0.3 is 5.97 Å². The maximum Gasteiger partial charge on any atom is 0.303 e. The van der Waals surface area contributed by atoms with E-state index in [2.05, 4.69) is 13.8 Å². The van der Waals surface area contributed by atoms with Crippen molar-refractivity contribution < 1.29 is 9.90 Å². The highest BCUT2D eigenvalue weighted by atomic mass is 16.4. The molecule has 0 aromatic rings. The maximum absolute atomic E-state index is 10.6. The summed E-state index contributed by atoms with van der Waals surface area (Å²) in [6.07, 6.45) is 4.07. The van der Waals surface area contributed by atoms with Crippen molar-refractivity contribution in [3.63, 3.8) is 0 Å². The topological polar surface area (TPSA) is 37.3 Å². The minimum absolute atomic E-state index is 0.390. The molecule has 0 heterocycles. The molecule has 3 aliphatic carbocycles. The van der Waals surface area contributed by atoms with Gasteiger partial charge in [-0.2, -0.15) is 0 Å². The van der Waals surface area contributed by atoms with Crippen LogP contribution in [0.25, 0.3) is 0 Å². The SMILES string of the molecule is CC1(C)C2CCC(CC(=O)O)C1C2. The molecule has 0 spiro atoms. The standard InChI is InChI=1S/C11H18O2/c1-11(2)8-4-3-7(5-10(12)13)9(11)6-8/h7-9H,3-6H2,1-2H3,(H,12,13). The van der Waals surface area contributed by atoms with Crippen molar-refractivity contribution in [2.24, 2.45) is 23.2 Å². The Balaban J connectivity index is 2.03. The van der Waals surface area contributed by atoms with Gasteiger partial charge in [0, 0.05) is 6.42 Å². The molecule has 3 atom stereocenters. The molecule has 3 rings (SSSR count). The Kier molecular flexibility index (Phi) is 1.90. The second-order valence-electron chi connectivity index (χ2n) is 5.30. The van der Waals surface area contributed by atoms with Gasteiger partial charge in [-0.05, 0) is 42.4 Å². The molecule has 0 aromatic carbocycles. The predicted molar refractivity (Wildman–Crippen MR) is 50.4 cm³/mol. The Bertz CT molecular complexity index is 230. The highest BCUT2D eigenvalue weighted by molar-refractivity contribution is 5.67. The van der Waals surface area contributed by atoms with Gasteiger partial charge in [0.05, 0.1) is 0 Å². The summed E-state index contributed by atoms with van der Waals surface area (Å²) in [4.78, 5) is 10.6. The van der Waals surface area contributed by atoms with Crippen molar-refractivity contribution in [2.45, 2.75) is 39.5 Å². The van der Waals surface area contributed by atoms with E-state index < -0.39 is 5.97 Å². The summed E-state index contributed by atoms with van der Waals surface area (Å²) in [5.41, 5.74) is 0.429. The Morgan fingerprint density at radius 1 is 1.46 bits per heavy atom. The van der Waals surface area contributed by atoms with Gasteiger partial charge in [0.1, 0.15) is 0 Å². The lowest BCUT2D eigenvalue weighted by molar-refractivity contribution is -0.146. The lowest BCUT2D eigenvalue weighted by Gasteiger charge is -2.60. The van der Waals surface area contributed by atoms with Crippen LogP contribution in [0, 0.1) is 23.2 Å². The highest BCUT2D eigenvalue weighted by Crippen LogP contribution is 2.61. The first-order valence-corrected chi connectivity index (χ1v) is 5.23. The minimum atomic E-state index is -0.619. The molecule has 0 saturated heterocycles. The van der Waals surface area contributed by atoms with Gasteiger partial charge in [0.15, 0.2) is 0 Å². The number of carboxylic acids is 1. The highest BCUT2D eigenvalue weighted by Gasteiger charge is 2.54. The molecular formula is C11H18O2. The summed E-state index contributed by atoms with van der Waals surface area (Å²) in [5, 5.41) is 8.77. The van der Waals surface area contributed by atoms with Gasteiger partial charge < -0.3 is 5.11 Å². The zero-order valence-electron chi connectivity index (χ0n) is 8.42. The summed E-state index contributed by atoms with van der Waals surface area (Å²) in [6, 6.07) is 0. The van der Waals surface area contributed by atoms with E-state index in [0.717, 1.165) is 12.3 Å². The molecule has 3 fully saturated rings. The van der Waals surface area contributed by atoms with Gasteiger partial charge in [-0.25, -0.2) is 0 Å². The molecule has 0 amide bonds. The third kappa shape index (κ3) is 1.27. The van der Waals surface area contributed by atoms with Crippen LogP contribution in [0.3, 0.4) is 0 Å². The molecule has 0 radical (unpaired) electrons. The number of rotatable bonds is 2. The van der Waals surface area contributed by atoms with Gasteiger partial charge in [-0.15, -0.1) is 0 Å². The molecule has 1 N–H and O–H groups in total. The Hall–Kier alpha value is -0.530. The molecule has 2 nitrogen and oxygen atoms in total. The third-order valence-corrected chi connectivity index (χ3v) is 4.44.